The fourth-order valence-electron chi connectivity index (χ4n) is 1.76. The highest BCUT2D eigenvalue weighted by molar-refractivity contribution is 7.80. The molecule has 0 bridgehead atoms. The van der Waals surface area contributed by atoms with Gasteiger partial charge in [-0.05, 0) is 55.0 Å². The van der Waals surface area contributed by atoms with E-state index in [4.69, 9.17) is 17.0 Å². The van der Waals surface area contributed by atoms with Crippen molar-refractivity contribution in [2.75, 3.05) is 17.7 Å². The van der Waals surface area contributed by atoms with Crippen LogP contribution in [0.15, 0.2) is 42.5 Å². The van der Waals surface area contributed by atoms with E-state index in [1.807, 2.05) is 24.3 Å². The first-order valence-corrected chi connectivity index (χ1v) is 6.48. The Bertz CT molecular complexity index is 631. The van der Waals surface area contributed by atoms with Crippen molar-refractivity contribution in [3.63, 3.8) is 0 Å². The van der Waals surface area contributed by atoms with Crippen LogP contribution in [-0.4, -0.2) is 12.2 Å². The summed E-state index contributed by atoms with van der Waals surface area (Å²) < 4.78 is 18.4. The molecule has 0 saturated heterocycles. The molecule has 0 aliphatic heterocycles. The second-order valence-corrected chi connectivity index (χ2v) is 4.65. The zero-order valence-electron chi connectivity index (χ0n) is 11.2. The molecule has 0 spiro atoms. The van der Waals surface area contributed by atoms with Gasteiger partial charge in [0.15, 0.2) is 5.11 Å². The number of hydrogen-bond acceptors (Lipinski definition) is 2. The summed E-state index contributed by atoms with van der Waals surface area (Å²) in [5.74, 6) is 0.464. The average Bonchev–Trinajstić information content (AvgIpc) is 2.43. The van der Waals surface area contributed by atoms with Gasteiger partial charge >= 0.3 is 0 Å². The topological polar surface area (TPSA) is 33.3 Å². The Morgan fingerprint density at radius 2 is 1.90 bits per heavy atom. The molecule has 2 aromatic rings. The van der Waals surface area contributed by atoms with Gasteiger partial charge in [-0.2, -0.15) is 0 Å². The molecule has 0 fully saturated rings. The normalized spacial score (nSPS) is 9.95. The minimum Gasteiger partial charge on any atom is -0.495 e. The lowest BCUT2D eigenvalue weighted by Gasteiger charge is -2.13. The first kappa shape index (κ1) is 14.3. The molecule has 0 aliphatic rings. The van der Waals surface area contributed by atoms with E-state index in [0.717, 1.165) is 11.4 Å². The van der Waals surface area contributed by atoms with E-state index in [1.54, 1.807) is 26.2 Å². The van der Waals surface area contributed by atoms with Crippen LogP contribution in [0.3, 0.4) is 0 Å². The van der Waals surface area contributed by atoms with Gasteiger partial charge in [0.2, 0.25) is 0 Å². The Labute approximate surface area is 122 Å². The molecule has 0 aromatic heterocycles. The third-order valence-electron chi connectivity index (χ3n) is 2.77. The van der Waals surface area contributed by atoms with Crippen LogP contribution in [0.25, 0.3) is 0 Å². The number of para-hydroxylation sites is 2. The standard InChI is InChI=1S/C15H15FN2OS/c1-10-9-11(7-8-12(10)16)17-15(20)18-13-5-3-4-6-14(13)19-2/h3-9H,1-2H3,(H2,17,18,20). The van der Waals surface area contributed by atoms with E-state index in [0.29, 0.717) is 16.4 Å². The van der Waals surface area contributed by atoms with Gasteiger partial charge < -0.3 is 15.4 Å². The van der Waals surface area contributed by atoms with Crippen molar-refractivity contribution in [2.24, 2.45) is 0 Å². The van der Waals surface area contributed by atoms with Gasteiger partial charge in [-0.3, -0.25) is 0 Å². The number of nitrogens with one attached hydrogen (secondary N) is 2. The smallest absolute Gasteiger partial charge is 0.175 e. The van der Waals surface area contributed by atoms with Crippen LogP contribution in [-0.2, 0) is 0 Å². The quantitative estimate of drug-likeness (QED) is 0.839. The highest BCUT2D eigenvalue weighted by atomic mass is 32.1. The van der Waals surface area contributed by atoms with Gasteiger partial charge in [-0.1, -0.05) is 12.1 Å². The van der Waals surface area contributed by atoms with Crippen molar-refractivity contribution < 1.29 is 9.13 Å². The summed E-state index contributed by atoms with van der Waals surface area (Å²) in [6.07, 6.45) is 0. The second-order valence-electron chi connectivity index (χ2n) is 4.24. The molecular formula is C15H15FN2OS. The number of rotatable bonds is 3. The molecule has 104 valence electrons. The van der Waals surface area contributed by atoms with Crippen LogP contribution in [0.2, 0.25) is 0 Å². The predicted octanol–water partition coefficient (Wildman–Crippen LogP) is 3.95. The SMILES string of the molecule is COc1ccccc1NC(=S)Nc1ccc(F)c(C)c1. The van der Waals surface area contributed by atoms with Crippen molar-refractivity contribution in [1.82, 2.24) is 0 Å². The molecule has 0 aliphatic carbocycles. The number of hydrogen-bond donors (Lipinski definition) is 2. The number of methoxy groups -OCH3 is 1. The lowest BCUT2D eigenvalue weighted by Crippen LogP contribution is -2.19. The maximum atomic E-state index is 13.2. The predicted molar refractivity (Wildman–Crippen MR) is 84.0 cm³/mol. The van der Waals surface area contributed by atoms with Gasteiger partial charge in [0, 0.05) is 5.69 Å². The van der Waals surface area contributed by atoms with Crippen LogP contribution in [0.4, 0.5) is 15.8 Å². The highest BCUT2D eigenvalue weighted by Gasteiger charge is 2.05. The minimum atomic E-state index is -0.237. The molecule has 0 atom stereocenters. The Morgan fingerprint density at radius 3 is 2.60 bits per heavy atom. The van der Waals surface area contributed by atoms with Crippen LogP contribution >= 0.6 is 12.2 Å². The first-order chi connectivity index (χ1) is 9.60. The monoisotopic (exact) mass is 290 g/mol. The van der Waals surface area contributed by atoms with Crippen LogP contribution in [0.5, 0.6) is 5.75 Å². The molecule has 20 heavy (non-hydrogen) atoms. The molecular weight excluding hydrogens is 275 g/mol. The number of anilines is 2. The van der Waals surface area contributed by atoms with Crippen LogP contribution < -0.4 is 15.4 Å². The van der Waals surface area contributed by atoms with Crippen molar-refractivity contribution in [3.8, 4) is 5.75 Å². The molecule has 0 unspecified atom stereocenters. The lowest BCUT2D eigenvalue weighted by atomic mass is 10.2. The molecule has 0 saturated carbocycles. The van der Waals surface area contributed by atoms with Crippen molar-refractivity contribution in [3.05, 3.63) is 53.8 Å². The molecule has 0 heterocycles. The van der Waals surface area contributed by atoms with Gasteiger partial charge in [-0.15, -0.1) is 0 Å². The lowest BCUT2D eigenvalue weighted by molar-refractivity contribution is 0.417. The molecule has 5 heteroatoms. The van der Waals surface area contributed by atoms with Gasteiger partial charge in [-0.25, -0.2) is 4.39 Å². The molecule has 2 rings (SSSR count). The molecule has 0 amide bonds. The van der Waals surface area contributed by atoms with E-state index in [-0.39, 0.29) is 5.82 Å². The summed E-state index contributed by atoms with van der Waals surface area (Å²) >= 11 is 5.23. The molecule has 3 nitrogen and oxygen atoms in total. The Kier molecular flexibility index (Phi) is 4.53. The Hall–Kier alpha value is -2.14. The fourth-order valence-corrected chi connectivity index (χ4v) is 1.98. The van der Waals surface area contributed by atoms with Gasteiger partial charge in [0.1, 0.15) is 11.6 Å². The summed E-state index contributed by atoms with van der Waals surface area (Å²) in [4.78, 5) is 0. The third-order valence-corrected chi connectivity index (χ3v) is 2.98. The van der Waals surface area contributed by atoms with Gasteiger partial charge in [0.05, 0.1) is 12.8 Å². The highest BCUT2D eigenvalue weighted by Crippen LogP contribution is 2.23. The zero-order chi connectivity index (χ0) is 14.5. The zero-order valence-corrected chi connectivity index (χ0v) is 12.1. The number of aryl methyl sites for hydroxylation is 1. The summed E-state index contributed by atoms with van der Waals surface area (Å²) in [6, 6.07) is 12.2. The molecule has 2 aromatic carbocycles. The van der Waals surface area contributed by atoms with Gasteiger partial charge in [0.25, 0.3) is 0 Å². The van der Waals surface area contributed by atoms with E-state index in [1.165, 1.54) is 6.07 Å². The third kappa shape index (κ3) is 3.45. The minimum absolute atomic E-state index is 0.237. The second kappa shape index (κ2) is 6.34. The van der Waals surface area contributed by atoms with Crippen molar-refractivity contribution in [1.29, 1.82) is 0 Å². The summed E-state index contributed by atoms with van der Waals surface area (Å²) in [6.45, 7) is 1.71. The number of benzene rings is 2. The number of ether oxygens (including phenoxy) is 1. The van der Waals surface area contributed by atoms with E-state index >= 15 is 0 Å². The number of halogens is 1. The maximum Gasteiger partial charge on any atom is 0.175 e. The van der Waals surface area contributed by atoms with Crippen molar-refractivity contribution in [2.45, 2.75) is 6.92 Å². The summed E-state index contributed by atoms with van der Waals surface area (Å²) in [5, 5.41) is 6.47. The fraction of sp³-hybridized carbons (Fsp3) is 0.133. The van der Waals surface area contributed by atoms with Crippen LogP contribution in [0.1, 0.15) is 5.56 Å². The van der Waals surface area contributed by atoms with E-state index in [2.05, 4.69) is 10.6 Å². The summed E-state index contributed by atoms with van der Waals surface area (Å²) in [7, 11) is 1.60. The van der Waals surface area contributed by atoms with Crippen LogP contribution in [0, 0.1) is 12.7 Å². The first-order valence-electron chi connectivity index (χ1n) is 6.07. The maximum absolute atomic E-state index is 13.2. The molecule has 2 N–H and O–H groups in total. The Balaban J connectivity index is 2.07. The molecule has 0 radical (unpaired) electrons. The summed E-state index contributed by atoms with van der Waals surface area (Å²) in [5.41, 5.74) is 2.07. The van der Waals surface area contributed by atoms with E-state index < -0.39 is 0 Å². The Morgan fingerprint density at radius 1 is 1.15 bits per heavy atom. The average molecular weight is 290 g/mol. The van der Waals surface area contributed by atoms with E-state index in [9.17, 15) is 4.39 Å². The number of thiocarbonyl (C=S) groups is 1. The largest absolute Gasteiger partial charge is 0.495 e. The van der Waals surface area contributed by atoms with Crippen molar-refractivity contribution >= 4 is 28.7 Å².